The maximum atomic E-state index is 9.24. The Morgan fingerprint density at radius 2 is 1.75 bits per heavy atom. The second kappa shape index (κ2) is 15.7. The normalized spacial score (nSPS) is 4.62. The van der Waals surface area contributed by atoms with Crippen molar-refractivity contribution in [3.05, 3.63) is 0 Å². The molecule has 0 heterocycles. The molecule has 0 aromatic heterocycles. The molecule has 3 N–H and O–H groups in total. The van der Waals surface area contributed by atoms with Gasteiger partial charge in [0, 0.05) is 0 Å². The van der Waals surface area contributed by atoms with Gasteiger partial charge >= 0.3 is 35.5 Å². The van der Waals surface area contributed by atoms with Crippen LogP contribution in [0.1, 0.15) is 0 Å². The Bertz CT molecular complexity index is 55.3. The average Bonchev–Trinajstić information content (AvgIpc) is 1.38. The van der Waals surface area contributed by atoms with Crippen LogP contribution in [0.3, 0.4) is 0 Å². The van der Waals surface area contributed by atoms with E-state index >= 15 is 0 Å². The van der Waals surface area contributed by atoms with Crippen molar-refractivity contribution >= 4 is 18.4 Å². The van der Waals surface area contributed by atoms with Gasteiger partial charge in [0.2, 0.25) is 0 Å². The van der Waals surface area contributed by atoms with Crippen molar-refractivity contribution < 1.29 is 56.4 Å². The predicted molar refractivity (Wildman–Crippen MR) is 23.9 cm³/mol. The molecule has 0 saturated carbocycles. The van der Waals surface area contributed by atoms with Gasteiger partial charge in [0.05, 0.1) is 6.54 Å². The molecule has 0 radical (unpaired) electrons. The first kappa shape index (κ1) is 22.9. The summed E-state index contributed by atoms with van der Waals surface area (Å²) in [6.45, 7) is -0.278. The molecule has 0 rings (SSSR count). The standard InChI is InChI=1S/C2H5NO2.BrH.ClH.Na/c3-1-2(4)5;;;/h1,3H2,(H,4,5);2*1H;/q;;;+1/p-1. The van der Waals surface area contributed by atoms with Crippen molar-refractivity contribution in [3.8, 4) is 0 Å². The molecule has 0 unspecified atom stereocenters. The molecule has 6 heteroatoms. The summed E-state index contributed by atoms with van der Waals surface area (Å²) in [4.78, 5) is 9.24. The molecule has 0 aliphatic heterocycles. The number of hydrogen-bond donors (Lipinski definition) is 2. The third-order valence-corrected chi connectivity index (χ3v) is 0.175. The number of rotatable bonds is 1. The summed E-state index contributed by atoms with van der Waals surface area (Å²) in [6.07, 6.45) is 0. The van der Waals surface area contributed by atoms with E-state index < -0.39 is 5.97 Å². The number of carboxylic acids is 1. The molecule has 0 aromatic rings. The van der Waals surface area contributed by atoms with Crippen molar-refractivity contribution in [2.24, 2.45) is 5.73 Å². The van der Waals surface area contributed by atoms with Crippen LogP contribution in [0.25, 0.3) is 0 Å². The summed E-state index contributed by atoms with van der Waals surface area (Å²) >= 11 is 0. The van der Waals surface area contributed by atoms with E-state index in [9.17, 15) is 4.79 Å². The van der Waals surface area contributed by atoms with E-state index in [-0.39, 0.29) is 65.5 Å². The van der Waals surface area contributed by atoms with E-state index in [0.29, 0.717) is 0 Å². The van der Waals surface area contributed by atoms with Crippen LogP contribution >= 0.6 is 12.4 Å². The Labute approximate surface area is 86.5 Å². The summed E-state index contributed by atoms with van der Waals surface area (Å²) < 4.78 is 0. The molecule has 0 amide bonds. The van der Waals surface area contributed by atoms with Gasteiger partial charge in [-0.15, -0.1) is 12.4 Å². The van der Waals surface area contributed by atoms with Crippen molar-refractivity contribution in [1.82, 2.24) is 0 Å². The first-order valence-electron chi connectivity index (χ1n) is 1.19. The third kappa shape index (κ3) is 27.0. The zero-order chi connectivity index (χ0) is 4.28. The number of halogens is 2. The molecular weight excluding hydrogens is 208 g/mol. The molecule has 0 atom stereocenters. The Morgan fingerprint density at radius 3 is 1.75 bits per heavy atom. The minimum absolute atomic E-state index is 0. The van der Waals surface area contributed by atoms with Gasteiger partial charge in [-0.2, -0.15) is 0 Å². The molecular formula is C2H6BrClNNaO2. The molecule has 0 aliphatic rings. The number of carbonyl (C=O) groups is 1. The minimum Gasteiger partial charge on any atom is -1.00 e. The Morgan fingerprint density at radius 1 is 1.62 bits per heavy atom. The molecule has 0 aromatic carbocycles. The van der Waals surface area contributed by atoms with E-state index in [2.05, 4.69) is 5.73 Å². The van der Waals surface area contributed by atoms with Crippen LogP contribution in [0, 0.1) is 0 Å². The van der Waals surface area contributed by atoms with Crippen LogP contribution in [-0.2, 0) is 4.79 Å². The quantitative estimate of drug-likeness (QED) is 0.427. The molecule has 0 fully saturated rings. The molecule has 0 aliphatic carbocycles. The minimum atomic E-state index is -0.968. The van der Waals surface area contributed by atoms with Crippen molar-refractivity contribution in [2.45, 2.75) is 0 Å². The van der Waals surface area contributed by atoms with Gasteiger partial charge in [-0.25, -0.2) is 0 Å². The van der Waals surface area contributed by atoms with Crippen molar-refractivity contribution in [2.75, 3.05) is 6.54 Å². The molecule has 0 spiro atoms. The van der Waals surface area contributed by atoms with Crippen molar-refractivity contribution in [3.63, 3.8) is 0 Å². The maximum Gasteiger partial charge on any atom is 1.00 e. The van der Waals surface area contributed by atoms with Crippen LogP contribution in [0.5, 0.6) is 0 Å². The average molecular weight is 214 g/mol. The van der Waals surface area contributed by atoms with Gasteiger partial charge in [0.25, 0.3) is 0 Å². The fourth-order valence-electron chi connectivity index (χ4n) is 0. The van der Waals surface area contributed by atoms with Gasteiger partial charge in [-0.3, -0.25) is 4.79 Å². The largest absolute Gasteiger partial charge is 1.00 e. The molecule has 0 saturated heterocycles. The number of carboxylic acid groups (broad SMARTS) is 1. The van der Waals surface area contributed by atoms with Crippen LogP contribution in [0.15, 0.2) is 0 Å². The second-order valence-electron chi connectivity index (χ2n) is 0.598. The number of hydrogen-bond acceptors (Lipinski definition) is 2. The van der Waals surface area contributed by atoms with Gasteiger partial charge in [0.15, 0.2) is 0 Å². The van der Waals surface area contributed by atoms with Gasteiger partial charge in [0.1, 0.15) is 0 Å². The van der Waals surface area contributed by atoms with Gasteiger partial charge in [-0.1, -0.05) is 0 Å². The summed E-state index contributed by atoms with van der Waals surface area (Å²) in [5, 5.41) is 7.60. The van der Waals surface area contributed by atoms with Crippen LogP contribution in [-0.4, -0.2) is 17.6 Å². The van der Waals surface area contributed by atoms with Crippen molar-refractivity contribution in [1.29, 1.82) is 0 Å². The first-order chi connectivity index (χ1) is 2.27. The van der Waals surface area contributed by atoms with E-state index in [1.54, 1.807) is 0 Å². The summed E-state index contributed by atoms with van der Waals surface area (Å²) in [7, 11) is 0. The molecule has 0 bridgehead atoms. The van der Waals surface area contributed by atoms with Crippen LogP contribution < -0.4 is 52.3 Å². The van der Waals surface area contributed by atoms with E-state index in [1.165, 1.54) is 0 Å². The fraction of sp³-hybridized carbons (Fsp3) is 0.500. The topological polar surface area (TPSA) is 63.3 Å². The summed E-state index contributed by atoms with van der Waals surface area (Å²) in [6, 6.07) is 0. The number of nitrogens with two attached hydrogens (primary N) is 1. The summed E-state index contributed by atoms with van der Waals surface area (Å²) in [5.74, 6) is -0.968. The smallest absolute Gasteiger partial charge is 1.00 e. The van der Waals surface area contributed by atoms with Crippen LogP contribution in [0.4, 0.5) is 0 Å². The van der Waals surface area contributed by atoms with E-state index in [4.69, 9.17) is 5.11 Å². The molecule has 3 nitrogen and oxygen atoms in total. The van der Waals surface area contributed by atoms with E-state index in [1.807, 2.05) is 0 Å². The summed E-state index contributed by atoms with van der Waals surface area (Å²) in [5.41, 5.74) is 4.57. The maximum absolute atomic E-state index is 9.24. The number of aliphatic carboxylic acids is 1. The Balaban J connectivity index is -0.0000000267. The molecule has 8 heavy (non-hydrogen) atoms. The Kier molecular flexibility index (Phi) is 45.0. The van der Waals surface area contributed by atoms with Gasteiger partial charge < -0.3 is 27.8 Å². The zero-order valence-electron chi connectivity index (χ0n) is 4.43. The molecule has 46 valence electrons. The zero-order valence-corrected chi connectivity index (χ0v) is 8.83. The monoisotopic (exact) mass is 213 g/mol. The SMILES string of the molecule is Cl.NCC(=O)O.[Br-].[Na+]. The fourth-order valence-corrected chi connectivity index (χ4v) is 0. The Hall–Kier alpha value is 1.20. The van der Waals surface area contributed by atoms with Crippen LogP contribution in [0.2, 0.25) is 0 Å². The third-order valence-electron chi connectivity index (χ3n) is 0.175. The second-order valence-corrected chi connectivity index (χ2v) is 0.598. The van der Waals surface area contributed by atoms with E-state index in [0.717, 1.165) is 0 Å². The first-order valence-corrected chi connectivity index (χ1v) is 1.19. The predicted octanol–water partition coefficient (Wildman–Crippen LogP) is -6.54. The van der Waals surface area contributed by atoms with Gasteiger partial charge in [-0.05, 0) is 0 Å².